The Morgan fingerprint density at radius 1 is 1.17 bits per heavy atom. The van der Waals surface area contributed by atoms with Crippen molar-refractivity contribution in [2.75, 3.05) is 5.32 Å². The minimum absolute atomic E-state index is 0.211. The van der Waals surface area contributed by atoms with Crippen LogP contribution in [0, 0.1) is 6.92 Å². The highest BCUT2D eigenvalue weighted by molar-refractivity contribution is 6.01. The molecule has 0 fully saturated rings. The molecule has 1 aliphatic rings. The quantitative estimate of drug-likeness (QED) is 0.681. The zero-order chi connectivity index (χ0) is 20.5. The first kappa shape index (κ1) is 18.5. The zero-order valence-electron chi connectivity index (χ0n) is 16.0. The number of aryl methyl sites for hydroxylation is 1. The van der Waals surface area contributed by atoms with Crippen molar-refractivity contribution in [3.05, 3.63) is 59.7 Å². The number of nitrogens with one attached hydrogen (secondary N) is 1. The first-order chi connectivity index (χ1) is 13.9. The number of fused-ring (bicyclic) bond motifs is 1. The van der Waals surface area contributed by atoms with Gasteiger partial charge < -0.3 is 16.0 Å². The van der Waals surface area contributed by atoms with E-state index in [1.165, 1.54) is 4.90 Å². The Labute approximate surface area is 167 Å². The Morgan fingerprint density at radius 2 is 1.97 bits per heavy atom. The number of nitrogens with two attached hydrogens (primary N) is 1. The number of amides is 2. The molecule has 146 valence electrons. The van der Waals surface area contributed by atoms with Gasteiger partial charge in [-0.2, -0.15) is 0 Å². The molecule has 0 saturated carbocycles. The molecular formula is C20H19N7O2. The third-order valence-electron chi connectivity index (χ3n) is 4.79. The van der Waals surface area contributed by atoms with Crippen molar-refractivity contribution in [1.29, 1.82) is 0 Å². The SMILES string of the molecule is Cc1nccc(Nc2nccc(-c3ccc4c(c3)C(=O)N(C(C)C(N)=O)C4)n2)n1. The number of nitrogens with zero attached hydrogens (tertiary/aromatic N) is 5. The molecule has 4 rings (SSSR count). The van der Waals surface area contributed by atoms with Gasteiger partial charge in [0, 0.05) is 30.1 Å². The van der Waals surface area contributed by atoms with Gasteiger partial charge in [0.15, 0.2) is 0 Å². The average molecular weight is 389 g/mol. The number of hydrogen-bond acceptors (Lipinski definition) is 7. The van der Waals surface area contributed by atoms with Gasteiger partial charge in [0.1, 0.15) is 17.7 Å². The van der Waals surface area contributed by atoms with Crippen LogP contribution in [0.25, 0.3) is 11.3 Å². The van der Waals surface area contributed by atoms with Gasteiger partial charge in [-0.15, -0.1) is 0 Å². The lowest BCUT2D eigenvalue weighted by Crippen LogP contribution is -2.42. The van der Waals surface area contributed by atoms with Crippen molar-refractivity contribution in [3.8, 4) is 11.3 Å². The number of aromatic nitrogens is 4. The fraction of sp³-hybridized carbons (Fsp3) is 0.200. The summed E-state index contributed by atoms with van der Waals surface area (Å²) in [6.07, 6.45) is 3.29. The second-order valence-corrected chi connectivity index (χ2v) is 6.76. The predicted octanol–water partition coefficient (Wildman–Crippen LogP) is 1.82. The molecule has 0 saturated heterocycles. The van der Waals surface area contributed by atoms with Crippen molar-refractivity contribution in [2.24, 2.45) is 5.73 Å². The van der Waals surface area contributed by atoms with Gasteiger partial charge in [-0.25, -0.2) is 19.9 Å². The Bertz CT molecular complexity index is 1120. The fourth-order valence-electron chi connectivity index (χ4n) is 3.17. The normalized spacial score (nSPS) is 13.9. The van der Waals surface area contributed by atoms with E-state index in [1.807, 2.05) is 12.1 Å². The maximum Gasteiger partial charge on any atom is 0.255 e. The van der Waals surface area contributed by atoms with Crippen molar-refractivity contribution >= 4 is 23.6 Å². The molecule has 3 aromatic rings. The van der Waals surface area contributed by atoms with E-state index in [0.29, 0.717) is 35.4 Å². The highest BCUT2D eigenvalue weighted by Crippen LogP contribution is 2.29. The molecule has 9 nitrogen and oxygen atoms in total. The minimum Gasteiger partial charge on any atom is -0.368 e. The van der Waals surface area contributed by atoms with Crippen LogP contribution in [0.2, 0.25) is 0 Å². The lowest BCUT2D eigenvalue weighted by atomic mass is 10.0. The number of rotatable bonds is 5. The number of carbonyl (C=O) groups is 2. The molecule has 9 heteroatoms. The predicted molar refractivity (Wildman–Crippen MR) is 106 cm³/mol. The second-order valence-electron chi connectivity index (χ2n) is 6.76. The molecule has 0 bridgehead atoms. The summed E-state index contributed by atoms with van der Waals surface area (Å²) < 4.78 is 0. The number of hydrogen-bond donors (Lipinski definition) is 2. The van der Waals surface area contributed by atoms with Crippen LogP contribution in [-0.4, -0.2) is 42.7 Å². The third-order valence-corrected chi connectivity index (χ3v) is 4.79. The van der Waals surface area contributed by atoms with Crippen LogP contribution >= 0.6 is 0 Å². The lowest BCUT2D eigenvalue weighted by molar-refractivity contribution is -0.122. The van der Waals surface area contributed by atoms with Gasteiger partial charge in [-0.3, -0.25) is 9.59 Å². The lowest BCUT2D eigenvalue weighted by Gasteiger charge is -2.20. The maximum atomic E-state index is 12.7. The number of carbonyl (C=O) groups excluding carboxylic acids is 2. The van der Waals surface area contributed by atoms with Gasteiger partial charge in [0.25, 0.3) is 5.91 Å². The minimum atomic E-state index is -0.662. The van der Waals surface area contributed by atoms with Crippen molar-refractivity contribution in [1.82, 2.24) is 24.8 Å². The van der Waals surface area contributed by atoms with E-state index in [0.717, 1.165) is 11.1 Å². The highest BCUT2D eigenvalue weighted by Gasteiger charge is 2.33. The van der Waals surface area contributed by atoms with E-state index >= 15 is 0 Å². The van der Waals surface area contributed by atoms with Crippen molar-refractivity contribution in [3.63, 3.8) is 0 Å². The summed E-state index contributed by atoms with van der Waals surface area (Å²) in [4.78, 5) is 42.8. The first-order valence-electron chi connectivity index (χ1n) is 9.05. The van der Waals surface area contributed by atoms with Crippen LogP contribution < -0.4 is 11.1 Å². The van der Waals surface area contributed by atoms with Crippen molar-refractivity contribution < 1.29 is 9.59 Å². The van der Waals surface area contributed by atoms with Crippen LogP contribution in [-0.2, 0) is 11.3 Å². The first-order valence-corrected chi connectivity index (χ1v) is 9.05. The number of anilines is 2. The molecular weight excluding hydrogens is 370 g/mol. The van der Waals surface area contributed by atoms with Crippen LogP contribution in [0.4, 0.5) is 11.8 Å². The molecule has 1 aromatic carbocycles. The summed E-state index contributed by atoms with van der Waals surface area (Å²) in [5.74, 6) is 0.874. The molecule has 1 aliphatic heterocycles. The van der Waals surface area contributed by atoms with Gasteiger partial charge in [0.05, 0.1) is 5.69 Å². The molecule has 1 atom stereocenters. The topological polar surface area (TPSA) is 127 Å². The van der Waals surface area contributed by atoms with Crippen LogP contribution in [0.1, 0.15) is 28.7 Å². The van der Waals surface area contributed by atoms with E-state index in [9.17, 15) is 9.59 Å². The summed E-state index contributed by atoms with van der Waals surface area (Å²) in [6.45, 7) is 3.79. The smallest absolute Gasteiger partial charge is 0.255 e. The van der Waals surface area contributed by atoms with Crippen LogP contribution in [0.3, 0.4) is 0 Å². The van der Waals surface area contributed by atoms with E-state index in [1.54, 1.807) is 44.4 Å². The standard InChI is InChI=1S/C20H19N7O2/c1-11(18(21)28)27-10-14-4-3-13(9-15(14)19(27)29)16-5-7-23-20(25-16)26-17-6-8-22-12(2)24-17/h3-9,11H,10H2,1-2H3,(H2,21,28)(H,22,23,24,25,26). The molecule has 1 unspecified atom stereocenters. The summed E-state index contributed by atoms with van der Waals surface area (Å²) in [6, 6.07) is 8.38. The third kappa shape index (κ3) is 3.62. The van der Waals surface area contributed by atoms with Gasteiger partial charge in [-0.1, -0.05) is 12.1 Å². The van der Waals surface area contributed by atoms with Crippen LogP contribution in [0.15, 0.2) is 42.7 Å². The van der Waals surface area contributed by atoms with E-state index in [-0.39, 0.29) is 5.91 Å². The molecule has 29 heavy (non-hydrogen) atoms. The number of primary amides is 1. The average Bonchev–Trinajstić information content (AvgIpc) is 3.03. The maximum absolute atomic E-state index is 12.7. The molecule has 0 radical (unpaired) electrons. The van der Waals surface area contributed by atoms with Gasteiger partial charge >= 0.3 is 0 Å². The van der Waals surface area contributed by atoms with Crippen molar-refractivity contribution in [2.45, 2.75) is 26.4 Å². The number of benzene rings is 1. The zero-order valence-corrected chi connectivity index (χ0v) is 16.0. The monoisotopic (exact) mass is 389 g/mol. The highest BCUT2D eigenvalue weighted by atomic mass is 16.2. The van der Waals surface area contributed by atoms with E-state index < -0.39 is 11.9 Å². The Hall–Kier alpha value is -3.88. The van der Waals surface area contributed by atoms with E-state index in [2.05, 4.69) is 25.3 Å². The Morgan fingerprint density at radius 3 is 2.72 bits per heavy atom. The van der Waals surface area contributed by atoms with Gasteiger partial charge in [0.2, 0.25) is 11.9 Å². The summed E-state index contributed by atoms with van der Waals surface area (Å²) in [5, 5.41) is 3.05. The summed E-state index contributed by atoms with van der Waals surface area (Å²) in [7, 11) is 0. The summed E-state index contributed by atoms with van der Waals surface area (Å²) >= 11 is 0. The molecule has 3 N–H and O–H groups in total. The Balaban J connectivity index is 1.61. The molecule has 3 heterocycles. The molecule has 0 spiro atoms. The fourth-order valence-corrected chi connectivity index (χ4v) is 3.17. The Kier molecular flexibility index (Phi) is 4.63. The largest absolute Gasteiger partial charge is 0.368 e. The molecule has 2 aromatic heterocycles. The summed E-state index contributed by atoms with van der Waals surface area (Å²) in [5.41, 5.74) is 8.20. The second kappa shape index (κ2) is 7.27. The molecule has 0 aliphatic carbocycles. The molecule has 2 amide bonds. The van der Waals surface area contributed by atoms with Crippen LogP contribution in [0.5, 0.6) is 0 Å². The van der Waals surface area contributed by atoms with E-state index in [4.69, 9.17) is 5.73 Å². The van der Waals surface area contributed by atoms with Gasteiger partial charge in [-0.05, 0) is 37.6 Å².